The van der Waals surface area contributed by atoms with Crippen LogP contribution < -0.4 is 10.1 Å². The highest BCUT2D eigenvalue weighted by Gasteiger charge is 2.15. The molecule has 0 aliphatic carbocycles. The molecule has 0 bridgehead atoms. The highest BCUT2D eigenvalue weighted by molar-refractivity contribution is 9.10. The van der Waals surface area contributed by atoms with Crippen molar-refractivity contribution in [2.75, 3.05) is 11.9 Å². The SMILES string of the molecule is CCCNc1nc(Oc2cc(Br)ccc2Cl)c(F)cc1F. The Morgan fingerprint density at radius 1 is 1.29 bits per heavy atom. The fourth-order valence-electron chi connectivity index (χ4n) is 1.55. The van der Waals surface area contributed by atoms with Crippen molar-refractivity contribution < 1.29 is 13.5 Å². The smallest absolute Gasteiger partial charge is 0.258 e. The minimum absolute atomic E-state index is 0.0561. The second kappa shape index (κ2) is 7.04. The van der Waals surface area contributed by atoms with E-state index in [-0.39, 0.29) is 17.4 Å². The van der Waals surface area contributed by atoms with Gasteiger partial charge in [0, 0.05) is 17.1 Å². The summed E-state index contributed by atoms with van der Waals surface area (Å²) in [7, 11) is 0. The molecule has 1 aromatic carbocycles. The first-order valence-electron chi connectivity index (χ1n) is 6.24. The second-order valence-corrected chi connectivity index (χ2v) is 5.53. The Bertz CT molecular complexity index is 655. The van der Waals surface area contributed by atoms with Gasteiger partial charge >= 0.3 is 0 Å². The zero-order chi connectivity index (χ0) is 15.4. The molecule has 2 rings (SSSR count). The van der Waals surface area contributed by atoms with E-state index in [1.807, 2.05) is 6.92 Å². The largest absolute Gasteiger partial charge is 0.435 e. The number of pyridine rings is 1. The van der Waals surface area contributed by atoms with E-state index in [2.05, 4.69) is 26.2 Å². The van der Waals surface area contributed by atoms with Gasteiger partial charge < -0.3 is 10.1 Å². The van der Waals surface area contributed by atoms with E-state index in [4.69, 9.17) is 16.3 Å². The number of rotatable bonds is 5. The van der Waals surface area contributed by atoms with Gasteiger partial charge in [0.1, 0.15) is 5.75 Å². The van der Waals surface area contributed by atoms with Crippen LogP contribution in [0.25, 0.3) is 0 Å². The van der Waals surface area contributed by atoms with Gasteiger partial charge in [-0.25, -0.2) is 8.78 Å². The number of anilines is 1. The maximum atomic E-state index is 13.8. The monoisotopic (exact) mass is 376 g/mol. The Kier molecular flexibility index (Phi) is 5.36. The molecule has 0 atom stereocenters. The number of hydrogen-bond acceptors (Lipinski definition) is 3. The van der Waals surface area contributed by atoms with Crippen molar-refractivity contribution in [1.82, 2.24) is 4.98 Å². The van der Waals surface area contributed by atoms with Gasteiger partial charge in [0.2, 0.25) is 0 Å². The van der Waals surface area contributed by atoms with Gasteiger partial charge in [0.25, 0.3) is 5.88 Å². The molecule has 1 aromatic heterocycles. The van der Waals surface area contributed by atoms with Crippen LogP contribution >= 0.6 is 27.5 Å². The highest BCUT2D eigenvalue weighted by atomic mass is 79.9. The molecule has 0 saturated heterocycles. The van der Waals surface area contributed by atoms with Crippen LogP contribution in [0.15, 0.2) is 28.7 Å². The summed E-state index contributed by atoms with van der Waals surface area (Å²) < 4.78 is 33.4. The molecule has 0 saturated carbocycles. The standard InChI is InChI=1S/C14H12BrClF2N2O/c1-2-5-19-13-10(17)7-11(18)14(20-13)21-12-6-8(15)3-4-9(12)16/h3-4,6-7H,2,5H2,1H3,(H,19,20). The van der Waals surface area contributed by atoms with Gasteiger partial charge in [0.15, 0.2) is 17.5 Å². The summed E-state index contributed by atoms with van der Waals surface area (Å²) in [6, 6.07) is 5.62. The summed E-state index contributed by atoms with van der Waals surface area (Å²) >= 11 is 9.23. The van der Waals surface area contributed by atoms with Crippen LogP contribution in [-0.4, -0.2) is 11.5 Å². The molecule has 7 heteroatoms. The van der Waals surface area contributed by atoms with Crippen LogP contribution in [0.2, 0.25) is 5.02 Å². The summed E-state index contributed by atoms with van der Waals surface area (Å²) in [5.41, 5.74) is 0. The molecular weight excluding hydrogens is 366 g/mol. The third-order valence-corrected chi connectivity index (χ3v) is 3.35. The average molecular weight is 378 g/mol. The van der Waals surface area contributed by atoms with E-state index in [1.165, 1.54) is 0 Å². The molecule has 21 heavy (non-hydrogen) atoms. The lowest BCUT2D eigenvalue weighted by Gasteiger charge is -2.11. The lowest BCUT2D eigenvalue weighted by Crippen LogP contribution is -2.06. The maximum absolute atomic E-state index is 13.8. The topological polar surface area (TPSA) is 34.2 Å². The van der Waals surface area contributed by atoms with Crippen LogP contribution in [0.5, 0.6) is 11.6 Å². The third kappa shape index (κ3) is 4.04. The number of benzene rings is 1. The van der Waals surface area contributed by atoms with Gasteiger partial charge in [-0.3, -0.25) is 0 Å². The summed E-state index contributed by atoms with van der Waals surface area (Å²) in [6.07, 6.45) is 0.784. The first kappa shape index (κ1) is 16.0. The number of halogens is 4. The second-order valence-electron chi connectivity index (χ2n) is 4.21. The van der Waals surface area contributed by atoms with E-state index in [0.717, 1.165) is 12.5 Å². The molecule has 0 amide bonds. The van der Waals surface area contributed by atoms with Crippen LogP contribution in [0, 0.1) is 11.6 Å². The van der Waals surface area contributed by atoms with Crippen molar-refractivity contribution in [3.63, 3.8) is 0 Å². The Morgan fingerprint density at radius 2 is 2.05 bits per heavy atom. The van der Waals surface area contributed by atoms with Crippen molar-refractivity contribution in [1.29, 1.82) is 0 Å². The van der Waals surface area contributed by atoms with Gasteiger partial charge in [-0.2, -0.15) is 4.98 Å². The molecule has 0 unspecified atom stereocenters. The van der Waals surface area contributed by atoms with Crippen molar-refractivity contribution in [3.8, 4) is 11.6 Å². The predicted octanol–water partition coefficient (Wildman–Crippen LogP) is 5.39. The molecule has 1 heterocycles. The summed E-state index contributed by atoms with van der Waals surface area (Å²) in [5, 5.41) is 3.06. The minimum atomic E-state index is -0.898. The van der Waals surface area contributed by atoms with E-state index in [1.54, 1.807) is 18.2 Å². The summed E-state index contributed by atoms with van der Waals surface area (Å²) in [6.45, 7) is 2.44. The number of nitrogens with zero attached hydrogens (tertiary/aromatic N) is 1. The predicted molar refractivity (Wildman–Crippen MR) is 82.2 cm³/mol. The number of nitrogens with one attached hydrogen (secondary N) is 1. The quantitative estimate of drug-likeness (QED) is 0.758. The third-order valence-electron chi connectivity index (χ3n) is 2.54. The molecule has 0 spiro atoms. The Hall–Kier alpha value is -1.40. The molecule has 0 radical (unpaired) electrons. The van der Waals surface area contributed by atoms with E-state index < -0.39 is 11.6 Å². The first-order chi connectivity index (χ1) is 10.0. The molecule has 3 nitrogen and oxygen atoms in total. The normalized spacial score (nSPS) is 10.5. The van der Waals surface area contributed by atoms with Crippen molar-refractivity contribution in [3.05, 3.63) is 45.4 Å². The molecule has 112 valence electrons. The van der Waals surface area contributed by atoms with E-state index in [0.29, 0.717) is 16.0 Å². The maximum Gasteiger partial charge on any atom is 0.258 e. The Labute approximate surface area is 134 Å². The van der Waals surface area contributed by atoms with Crippen molar-refractivity contribution in [2.24, 2.45) is 0 Å². The van der Waals surface area contributed by atoms with Gasteiger partial charge in [-0.05, 0) is 24.6 Å². The van der Waals surface area contributed by atoms with Gasteiger partial charge in [-0.15, -0.1) is 0 Å². The van der Waals surface area contributed by atoms with Crippen LogP contribution in [0.3, 0.4) is 0 Å². The lowest BCUT2D eigenvalue weighted by atomic mass is 10.3. The summed E-state index contributed by atoms with van der Waals surface area (Å²) in [5.74, 6) is -1.83. The molecule has 0 fully saturated rings. The van der Waals surface area contributed by atoms with Gasteiger partial charge in [0.05, 0.1) is 5.02 Å². The highest BCUT2D eigenvalue weighted by Crippen LogP contribution is 2.33. The van der Waals surface area contributed by atoms with Crippen LogP contribution in [-0.2, 0) is 0 Å². The molecule has 0 aliphatic rings. The fraction of sp³-hybridized carbons (Fsp3) is 0.214. The zero-order valence-corrected chi connectivity index (χ0v) is 13.4. The molecular formula is C14H12BrClF2N2O. The summed E-state index contributed by atoms with van der Waals surface area (Å²) in [4.78, 5) is 3.82. The fourth-order valence-corrected chi connectivity index (χ4v) is 2.04. The number of aromatic nitrogens is 1. The van der Waals surface area contributed by atoms with E-state index >= 15 is 0 Å². The molecule has 1 N–H and O–H groups in total. The molecule has 2 aromatic rings. The number of hydrogen-bond donors (Lipinski definition) is 1. The molecule has 0 aliphatic heterocycles. The van der Waals surface area contributed by atoms with Gasteiger partial charge in [-0.1, -0.05) is 34.5 Å². The van der Waals surface area contributed by atoms with E-state index in [9.17, 15) is 8.78 Å². The van der Waals surface area contributed by atoms with Crippen LogP contribution in [0.4, 0.5) is 14.6 Å². The average Bonchev–Trinajstić information content (AvgIpc) is 2.44. The zero-order valence-electron chi connectivity index (χ0n) is 11.1. The number of ether oxygens (including phenoxy) is 1. The van der Waals surface area contributed by atoms with Crippen LogP contribution in [0.1, 0.15) is 13.3 Å². The van der Waals surface area contributed by atoms with Crippen molar-refractivity contribution >= 4 is 33.3 Å². The van der Waals surface area contributed by atoms with Crippen molar-refractivity contribution in [2.45, 2.75) is 13.3 Å². The lowest BCUT2D eigenvalue weighted by molar-refractivity contribution is 0.418. The first-order valence-corrected chi connectivity index (χ1v) is 7.41. The Balaban J connectivity index is 2.32. The Morgan fingerprint density at radius 3 is 2.76 bits per heavy atom. The minimum Gasteiger partial charge on any atom is -0.435 e.